The van der Waals surface area contributed by atoms with E-state index in [1.165, 1.54) is 35.5 Å². The molecule has 7 nitrogen and oxygen atoms in total. The molecule has 1 aliphatic heterocycles. The number of amides is 2. The van der Waals surface area contributed by atoms with Crippen molar-refractivity contribution in [3.05, 3.63) is 47.5 Å². The Labute approximate surface area is 179 Å². The molecule has 1 fully saturated rings. The summed E-state index contributed by atoms with van der Waals surface area (Å²) in [6.45, 7) is 0.380. The van der Waals surface area contributed by atoms with E-state index < -0.39 is 23.4 Å². The van der Waals surface area contributed by atoms with Crippen LogP contribution in [0, 0.1) is 0 Å². The van der Waals surface area contributed by atoms with Crippen LogP contribution < -0.4 is 10.1 Å². The molecule has 1 saturated heterocycles. The molecule has 1 aromatic carbocycles. The quantitative estimate of drug-likeness (QED) is 0.621. The van der Waals surface area contributed by atoms with Gasteiger partial charge in [-0.2, -0.15) is 13.2 Å². The summed E-state index contributed by atoms with van der Waals surface area (Å²) in [5.74, 6) is 0.443. The highest BCUT2D eigenvalue weighted by Gasteiger charge is 2.38. The van der Waals surface area contributed by atoms with Gasteiger partial charge in [0.15, 0.2) is 5.13 Å². The Morgan fingerprint density at radius 1 is 1.23 bits per heavy atom. The number of alkyl halides is 3. The topological polar surface area (TPSA) is 87.6 Å². The van der Waals surface area contributed by atoms with Crippen LogP contribution in [0.25, 0.3) is 10.3 Å². The molecule has 3 heterocycles. The molecule has 11 heteroatoms. The number of thiazole rings is 1. The van der Waals surface area contributed by atoms with Gasteiger partial charge in [-0.05, 0) is 36.6 Å². The molecule has 31 heavy (non-hydrogen) atoms. The van der Waals surface area contributed by atoms with Gasteiger partial charge in [0.05, 0.1) is 18.3 Å². The Balaban J connectivity index is 1.42. The summed E-state index contributed by atoms with van der Waals surface area (Å²) < 4.78 is 44.1. The number of carbonyl (C=O) groups is 1. The fourth-order valence-electron chi connectivity index (χ4n) is 3.49. The van der Waals surface area contributed by atoms with Crippen LogP contribution in [0.5, 0.6) is 5.88 Å². The number of benzene rings is 1. The lowest BCUT2D eigenvalue weighted by atomic mass is 9.84. The van der Waals surface area contributed by atoms with Crippen LogP contribution in [-0.2, 0) is 11.8 Å². The van der Waals surface area contributed by atoms with E-state index in [2.05, 4.69) is 15.3 Å². The summed E-state index contributed by atoms with van der Waals surface area (Å²) in [4.78, 5) is 23.3. The highest BCUT2D eigenvalue weighted by Crippen LogP contribution is 2.37. The van der Waals surface area contributed by atoms with E-state index in [1.54, 1.807) is 12.1 Å². The Bertz CT molecular complexity index is 1110. The summed E-state index contributed by atoms with van der Waals surface area (Å²) in [6, 6.07) is 7.72. The maximum absolute atomic E-state index is 13.0. The van der Waals surface area contributed by atoms with Gasteiger partial charge in [-0.3, -0.25) is 5.32 Å². The number of piperidine rings is 1. The number of aliphatic hydroxyl groups is 1. The largest absolute Gasteiger partial charge is 0.481 e. The highest BCUT2D eigenvalue weighted by molar-refractivity contribution is 7.21. The number of pyridine rings is 1. The number of fused-ring (bicyclic) bond motifs is 1. The zero-order valence-electron chi connectivity index (χ0n) is 16.4. The molecule has 2 aromatic heterocycles. The molecule has 2 amide bonds. The lowest BCUT2D eigenvalue weighted by molar-refractivity contribution is -0.137. The Morgan fingerprint density at radius 2 is 1.97 bits per heavy atom. The first kappa shape index (κ1) is 21.3. The van der Waals surface area contributed by atoms with E-state index in [4.69, 9.17) is 4.74 Å². The third-order valence-electron chi connectivity index (χ3n) is 5.26. The molecule has 3 aromatic rings. The maximum Gasteiger partial charge on any atom is 0.416 e. The number of nitrogens with one attached hydrogen (secondary N) is 1. The van der Waals surface area contributed by atoms with E-state index in [9.17, 15) is 23.1 Å². The maximum atomic E-state index is 13.0. The number of ether oxygens (including phenoxy) is 1. The zero-order chi connectivity index (χ0) is 22.2. The third-order valence-corrected chi connectivity index (χ3v) is 6.14. The Morgan fingerprint density at radius 3 is 2.65 bits per heavy atom. The summed E-state index contributed by atoms with van der Waals surface area (Å²) in [5, 5.41) is 14.0. The average molecular weight is 452 g/mol. The van der Waals surface area contributed by atoms with Crippen LogP contribution in [0.2, 0.25) is 0 Å². The second kappa shape index (κ2) is 7.97. The van der Waals surface area contributed by atoms with Gasteiger partial charge in [0, 0.05) is 19.2 Å². The van der Waals surface area contributed by atoms with Crippen LogP contribution in [0.3, 0.4) is 0 Å². The minimum atomic E-state index is -4.48. The average Bonchev–Trinajstić information content (AvgIpc) is 3.15. The SMILES string of the molecule is COc1ccc2nc(NC(=O)N3CCC(O)(c4cccc(C(F)(F)F)c4)CC3)sc2n1. The molecule has 0 spiro atoms. The first-order valence-corrected chi connectivity index (χ1v) is 10.3. The van der Waals surface area contributed by atoms with Gasteiger partial charge in [0.1, 0.15) is 10.3 Å². The van der Waals surface area contributed by atoms with Crippen molar-refractivity contribution in [2.45, 2.75) is 24.6 Å². The number of hydrogen-bond acceptors (Lipinski definition) is 6. The molecule has 164 valence electrons. The smallest absolute Gasteiger partial charge is 0.416 e. The van der Waals surface area contributed by atoms with Gasteiger partial charge < -0.3 is 14.7 Å². The van der Waals surface area contributed by atoms with Crippen LogP contribution in [-0.4, -0.2) is 46.2 Å². The van der Waals surface area contributed by atoms with Crippen molar-refractivity contribution >= 4 is 32.8 Å². The standard InChI is InChI=1S/C20H19F3N4O3S/c1-30-15-6-5-14-16(25-15)31-17(24-14)26-18(28)27-9-7-19(29,8-10-27)12-3-2-4-13(11-12)20(21,22)23/h2-6,11,29H,7-10H2,1H3,(H,24,26,28). The lowest BCUT2D eigenvalue weighted by Crippen LogP contribution is -2.46. The second-order valence-corrected chi connectivity index (χ2v) is 8.20. The number of rotatable bonds is 3. The molecule has 0 aliphatic carbocycles. The van der Waals surface area contributed by atoms with Gasteiger partial charge in [-0.25, -0.2) is 14.8 Å². The van der Waals surface area contributed by atoms with Crippen LogP contribution in [0.15, 0.2) is 36.4 Å². The molecule has 4 rings (SSSR count). The lowest BCUT2D eigenvalue weighted by Gasteiger charge is -2.38. The van der Waals surface area contributed by atoms with E-state index in [0.717, 1.165) is 12.1 Å². The van der Waals surface area contributed by atoms with Crippen molar-refractivity contribution in [3.63, 3.8) is 0 Å². The summed E-state index contributed by atoms with van der Waals surface area (Å²) in [5.41, 5.74) is -1.40. The monoisotopic (exact) mass is 452 g/mol. The molecule has 0 bridgehead atoms. The molecule has 0 radical (unpaired) electrons. The number of nitrogens with zero attached hydrogens (tertiary/aromatic N) is 3. The normalized spacial score (nSPS) is 16.4. The molecular weight excluding hydrogens is 433 g/mol. The third kappa shape index (κ3) is 4.42. The molecular formula is C20H19F3N4O3S. The zero-order valence-corrected chi connectivity index (χ0v) is 17.3. The number of anilines is 1. The summed E-state index contributed by atoms with van der Waals surface area (Å²) >= 11 is 1.20. The minimum absolute atomic E-state index is 0.125. The number of halogens is 3. The molecule has 1 aliphatic rings. The van der Waals surface area contributed by atoms with Crippen molar-refractivity contribution in [2.24, 2.45) is 0 Å². The fourth-order valence-corrected chi connectivity index (χ4v) is 4.31. The highest BCUT2D eigenvalue weighted by atomic mass is 32.1. The number of methoxy groups -OCH3 is 1. The Kier molecular flexibility index (Phi) is 5.48. The molecule has 0 atom stereocenters. The van der Waals surface area contributed by atoms with E-state index in [1.807, 2.05) is 0 Å². The van der Waals surface area contributed by atoms with Crippen LogP contribution in [0.1, 0.15) is 24.0 Å². The number of hydrogen-bond donors (Lipinski definition) is 2. The van der Waals surface area contributed by atoms with Crippen molar-refractivity contribution in [1.29, 1.82) is 0 Å². The van der Waals surface area contributed by atoms with Gasteiger partial charge in [0.2, 0.25) is 5.88 Å². The van der Waals surface area contributed by atoms with Crippen LogP contribution >= 0.6 is 11.3 Å². The first-order valence-electron chi connectivity index (χ1n) is 9.45. The van der Waals surface area contributed by atoms with E-state index in [0.29, 0.717) is 21.4 Å². The van der Waals surface area contributed by atoms with Gasteiger partial charge in [0.25, 0.3) is 0 Å². The second-order valence-electron chi connectivity index (χ2n) is 7.22. The molecule has 0 saturated carbocycles. The Hall–Kier alpha value is -2.92. The van der Waals surface area contributed by atoms with Gasteiger partial charge in [-0.15, -0.1) is 0 Å². The predicted molar refractivity (Wildman–Crippen MR) is 109 cm³/mol. The number of carbonyl (C=O) groups excluding carboxylic acids is 1. The first-order chi connectivity index (χ1) is 14.7. The van der Waals surface area contributed by atoms with Gasteiger partial charge >= 0.3 is 12.2 Å². The van der Waals surface area contributed by atoms with Crippen LogP contribution in [0.4, 0.5) is 23.1 Å². The van der Waals surface area contributed by atoms with Gasteiger partial charge in [-0.1, -0.05) is 23.5 Å². The summed E-state index contributed by atoms with van der Waals surface area (Å²) in [7, 11) is 1.51. The molecule has 2 N–H and O–H groups in total. The summed E-state index contributed by atoms with van der Waals surface area (Å²) in [6.07, 6.45) is -4.23. The number of aromatic nitrogens is 2. The van der Waals surface area contributed by atoms with Crippen molar-refractivity contribution in [1.82, 2.24) is 14.9 Å². The number of urea groups is 1. The molecule has 0 unspecified atom stereocenters. The van der Waals surface area contributed by atoms with Crippen molar-refractivity contribution in [3.8, 4) is 5.88 Å². The predicted octanol–water partition coefficient (Wildman–Crippen LogP) is 4.23. The van der Waals surface area contributed by atoms with Crippen molar-refractivity contribution < 1.29 is 27.8 Å². The fraction of sp³-hybridized carbons (Fsp3) is 0.350. The van der Waals surface area contributed by atoms with E-state index >= 15 is 0 Å². The van der Waals surface area contributed by atoms with Crippen molar-refractivity contribution in [2.75, 3.05) is 25.5 Å². The van der Waals surface area contributed by atoms with E-state index in [-0.39, 0.29) is 31.5 Å². The minimum Gasteiger partial charge on any atom is -0.481 e. The number of likely N-dealkylation sites (tertiary alicyclic amines) is 1.